The molecule has 2 aromatic carbocycles. The number of anilines is 2. The van der Waals surface area contributed by atoms with Gasteiger partial charge in [-0.2, -0.15) is 0 Å². The smallest absolute Gasteiger partial charge is 0.343 e. The first-order valence-electron chi connectivity index (χ1n) is 11.9. The lowest BCUT2D eigenvalue weighted by Crippen LogP contribution is -2.46. The van der Waals surface area contributed by atoms with E-state index in [1.54, 1.807) is 37.6 Å². The number of benzene rings is 2. The van der Waals surface area contributed by atoms with Crippen LogP contribution in [0.1, 0.15) is 22.8 Å². The molecule has 10 heteroatoms. The molecule has 1 aliphatic rings. The number of rotatable bonds is 4. The Morgan fingerprint density at radius 1 is 1.14 bits per heavy atom. The third kappa shape index (κ3) is 4.27. The number of aryl methyl sites for hydroxylation is 2. The molecule has 1 saturated heterocycles. The van der Waals surface area contributed by atoms with Gasteiger partial charge in [-0.3, -0.25) is 9.78 Å². The predicted octanol–water partition coefficient (Wildman–Crippen LogP) is 4.83. The Balaban J connectivity index is 1.58. The minimum absolute atomic E-state index is 0.0480. The molecule has 0 unspecified atom stereocenters. The molecule has 0 radical (unpaired) electrons. The molecular weight excluding hydrogens is 502 g/mol. The van der Waals surface area contributed by atoms with E-state index in [9.17, 15) is 14.0 Å². The fourth-order valence-corrected chi connectivity index (χ4v) is 5.04. The summed E-state index contributed by atoms with van der Waals surface area (Å²) in [6.45, 7) is 5.64. The second-order valence-corrected chi connectivity index (χ2v) is 9.43. The average molecular weight is 527 g/mol. The molecule has 192 valence electrons. The van der Waals surface area contributed by atoms with Crippen LogP contribution in [0.5, 0.6) is 0 Å². The molecule has 5 rings (SSSR count). The monoisotopic (exact) mass is 526 g/mol. The molecule has 7 nitrogen and oxygen atoms in total. The Bertz CT molecular complexity index is 1610. The Hall–Kier alpha value is -3.72. The average Bonchev–Trinajstić information content (AvgIpc) is 2.89. The molecule has 3 heterocycles. The zero-order chi connectivity index (χ0) is 26.4. The normalized spacial score (nSPS) is 14.0. The summed E-state index contributed by atoms with van der Waals surface area (Å²) < 4.78 is 36.2. The maximum absolute atomic E-state index is 15.5. The van der Waals surface area contributed by atoms with Crippen molar-refractivity contribution >= 4 is 50.8 Å². The topological polar surface area (TPSA) is 67.7 Å². The summed E-state index contributed by atoms with van der Waals surface area (Å²) in [6.07, 6.45) is 2.79. The highest BCUT2D eigenvalue weighted by Gasteiger charge is 2.25. The van der Waals surface area contributed by atoms with E-state index < -0.39 is 17.2 Å². The van der Waals surface area contributed by atoms with Crippen molar-refractivity contribution in [3.8, 4) is 0 Å². The first-order valence-corrected chi connectivity index (χ1v) is 12.3. The third-order valence-corrected chi connectivity index (χ3v) is 7.17. The third-order valence-electron chi connectivity index (χ3n) is 6.81. The standard InChI is InChI=1S/C27H25ClF2N4O3/c1-4-37-27(36)18-14-32(3)21-13-31-25-17(22(21)26(18)35)12-20(23(28)24(25)30)34-9-7-33(8-10-34)16-6-5-15(2)19(29)11-16/h5-6,11-14H,4,7-10H2,1-3H3. The van der Waals surface area contributed by atoms with Crippen molar-refractivity contribution < 1.29 is 18.3 Å². The summed E-state index contributed by atoms with van der Waals surface area (Å²) in [6, 6.07) is 6.80. The van der Waals surface area contributed by atoms with Crippen LogP contribution in [0.2, 0.25) is 5.02 Å². The lowest BCUT2D eigenvalue weighted by Gasteiger charge is -2.38. The van der Waals surface area contributed by atoms with Gasteiger partial charge < -0.3 is 19.1 Å². The number of nitrogens with zero attached hydrogens (tertiary/aromatic N) is 4. The van der Waals surface area contributed by atoms with Gasteiger partial charge in [-0.25, -0.2) is 13.6 Å². The molecule has 4 aromatic rings. The molecule has 0 saturated carbocycles. The van der Waals surface area contributed by atoms with Crippen LogP contribution in [0, 0.1) is 18.6 Å². The number of carbonyl (C=O) groups excluding carboxylic acids is 1. The minimum atomic E-state index is -0.742. The number of hydrogen-bond donors (Lipinski definition) is 0. The Labute approximate surface area is 216 Å². The number of carbonyl (C=O) groups is 1. The van der Waals surface area contributed by atoms with Crippen LogP contribution < -0.4 is 15.2 Å². The van der Waals surface area contributed by atoms with Crippen LogP contribution in [0.15, 0.2) is 41.5 Å². The van der Waals surface area contributed by atoms with Crippen molar-refractivity contribution in [3.05, 3.63) is 74.7 Å². The number of ether oxygens (including phenoxy) is 1. The number of esters is 1. The van der Waals surface area contributed by atoms with Crippen molar-refractivity contribution in [2.45, 2.75) is 13.8 Å². The molecule has 0 atom stereocenters. The van der Waals surface area contributed by atoms with Crippen LogP contribution in [0.3, 0.4) is 0 Å². The van der Waals surface area contributed by atoms with E-state index in [0.29, 0.717) is 42.9 Å². The molecule has 0 bridgehead atoms. The van der Waals surface area contributed by atoms with Gasteiger partial charge in [0.25, 0.3) is 0 Å². The fourth-order valence-electron chi connectivity index (χ4n) is 4.78. The maximum Gasteiger partial charge on any atom is 0.343 e. The number of fused-ring (bicyclic) bond motifs is 3. The van der Waals surface area contributed by atoms with Crippen LogP contribution >= 0.6 is 11.6 Å². The summed E-state index contributed by atoms with van der Waals surface area (Å²) >= 11 is 6.47. The molecule has 0 spiro atoms. The summed E-state index contributed by atoms with van der Waals surface area (Å²) in [5.41, 5.74) is 1.50. The van der Waals surface area contributed by atoms with Gasteiger partial charge in [-0.15, -0.1) is 0 Å². The number of pyridine rings is 2. The Kier molecular flexibility index (Phi) is 6.49. The van der Waals surface area contributed by atoms with Gasteiger partial charge in [-0.1, -0.05) is 17.7 Å². The van der Waals surface area contributed by atoms with E-state index in [1.165, 1.54) is 18.5 Å². The lowest BCUT2D eigenvalue weighted by atomic mass is 10.0. The maximum atomic E-state index is 15.5. The first kappa shape index (κ1) is 25.0. The highest BCUT2D eigenvalue weighted by molar-refractivity contribution is 6.34. The van der Waals surface area contributed by atoms with E-state index in [1.807, 2.05) is 11.0 Å². The second kappa shape index (κ2) is 9.63. The van der Waals surface area contributed by atoms with Crippen molar-refractivity contribution in [3.63, 3.8) is 0 Å². The van der Waals surface area contributed by atoms with E-state index in [4.69, 9.17) is 16.3 Å². The van der Waals surface area contributed by atoms with Crippen molar-refractivity contribution in [1.82, 2.24) is 9.55 Å². The number of hydrogen-bond acceptors (Lipinski definition) is 6. The molecule has 0 amide bonds. The zero-order valence-electron chi connectivity index (χ0n) is 20.6. The highest BCUT2D eigenvalue weighted by Crippen LogP contribution is 2.36. The van der Waals surface area contributed by atoms with Crippen LogP contribution in [0.25, 0.3) is 21.8 Å². The highest BCUT2D eigenvalue weighted by atomic mass is 35.5. The lowest BCUT2D eigenvalue weighted by molar-refractivity contribution is 0.0524. The number of halogens is 3. The molecule has 0 aliphatic carbocycles. The number of piperazine rings is 1. The van der Waals surface area contributed by atoms with Gasteiger partial charge in [-0.05, 0) is 37.6 Å². The van der Waals surface area contributed by atoms with Crippen molar-refractivity contribution in [1.29, 1.82) is 0 Å². The molecule has 0 N–H and O–H groups in total. The molecule has 1 aliphatic heterocycles. The SMILES string of the molecule is CCOC(=O)c1cn(C)c2cnc3c(F)c(Cl)c(N4CCN(c5ccc(C)c(F)c5)CC4)cc3c2c1=O. The van der Waals surface area contributed by atoms with E-state index in [2.05, 4.69) is 9.88 Å². The Morgan fingerprint density at radius 3 is 2.51 bits per heavy atom. The van der Waals surface area contributed by atoms with Gasteiger partial charge in [0, 0.05) is 50.5 Å². The predicted molar refractivity (Wildman–Crippen MR) is 141 cm³/mol. The molecular formula is C27H25ClF2N4O3. The van der Waals surface area contributed by atoms with Gasteiger partial charge in [0.05, 0.1) is 29.4 Å². The van der Waals surface area contributed by atoms with E-state index in [-0.39, 0.29) is 39.3 Å². The van der Waals surface area contributed by atoms with Gasteiger partial charge in [0.1, 0.15) is 21.9 Å². The summed E-state index contributed by atoms with van der Waals surface area (Å²) in [4.78, 5) is 34.1. The molecule has 2 aromatic heterocycles. The van der Waals surface area contributed by atoms with Gasteiger partial charge in [0.2, 0.25) is 5.43 Å². The largest absolute Gasteiger partial charge is 0.462 e. The molecule has 1 fully saturated rings. The van der Waals surface area contributed by atoms with Crippen LogP contribution in [-0.2, 0) is 11.8 Å². The number of aromatic nitrogens is 2. The van der Waals surface area contributed by atoms with Gasteiger partial charge in [0.15, 0.2) is 5.82 Å². The van der Waals surface area contributed by atoms with E-state index in [0.717, 1.165) is 5.69 Å². The minimum Gasteiger partial charge on any atom is -0.462 e. The summed E-state index contributed by atoms with van der Waals surface area (Å²) in [5, 5.41) is 0.348. The van der Waals surface area contributed by atoms with Crippen molar-refractivity contribution in [2.75, 3.05) is 42.6 Å². The molecule has 37 heavy (non-hydrogen) atoms. The summed E-state index contributed by atoms with van der Waals surface area (Å²) in [5.74, 6) is -1.74. The van der Waals surface area contributed by atoms with Crippen LogP contribution in [0.4, 0.5) is 20.2 Å². The van der Waals surface area contributed by atoms with Crippen molar-refractivity contribution in [2.24, 2.45) is 7.05 Å². The van der Waals surface area contributed by atoms with E-state index >= 15 is 4.39 Å². The Morgan fingerprint density at radius 2 is 1.84 bits per heavy atom. The summed E-state index contributed by atoms with van der Waals surface area (Å²) in [7, 11) is 1.68. The quantitative estimate of drug-likeness (QED) is 0.280. The zero-order valence-corrected chi connectivity index (χ0v) is 21.4. The fraction of sp³-hybridized carbons (Fsp3) is 0.296. The van der Waals surface area contributed by atoms with Gasteiger partial charge >= 0.3 is 5.97 Å². The van der Waals surface area contributed by atoms with Crippen LogP contribution in [-0.4, -0.2) is 48.3 Å². The second-order valence-electron chi connectivity index (χ2n) is 9.05. The first-order chi connectivity index (χ1) is 17.7.